The maximum Gasteiger partial charge on any atom is 0.226 e. The van der Waals surface area contributed by atoms with Gasteiger partial charge in [0.05, 0.1) is 6.42 Å². The van der Waals surface area contributed by atoms with Crippen LogP contribution in [-0.4, -0.2) is 41.9 Å². The fraction of sp³-hybridized carbons (Fsp3) is 0.556. The predicted molar refractivity (Wildman–Crippen MR) is 90.2 cm³/mol. The predicted octanol–water partition coefficient (Wildman–Crippen LogP) is 1.93. The third kappa shape index (κ3) is 3.91. The van der Waals surface area contributed by atoms with E-state index in [1.54, 1.807) is 0 Å². The lowest BCUT2D eigenvalue weighted by Gasteiger charge is -2.35. The smallest absolute Gasteiger partial charge is 0.226 e. The highest BCUT2D eigenvalue weighted by molar-refractivity contribution is 5.88. The monoisotopic (exact) mass is 315 g/mol. The Labute approximate surface area is 137 Å². The lowest BCUT2D eigenvalue weighted by atomic mass is 9.98. The van der Waals surface area contributed by atoms with E-state index in [1.807, 2.05) is 36.2 Å². The molecule has 2 bridgehead atoms. The van der Waals surface area contributed by atoms with Crippen molar-refractivity contribution in [2.45, 2.75) is 57.2 Å². The molecule has 2 heterocycles. The van der Waals surface area contributed by atoms with Crippen LogP contribution < -0.4 is 10.6 Å². The minimum absolute atomic E-state index is 0.0888. The van der Waals surface area contributed by atoms with Crippen molar-refractivity contribution in [3.63, 3.8) is 0 Å². The molecular weight excluding hydrogens is 290 g/mol. The Morgan fingerprint density at radius 1 is 1.17 bits per heavy atom. The first-order chi connectivity index (χ1) is 11.0. The fourth-order valence-electron chi connectivity index (χ4n) is 3.76. The number of anilines is 1. The van der Waals surface area contributed by atoms with E-state index >= 15 is 0 Å². The molecule has 5 heteroatoms. The molecule has 0 spiro atoms. The maximum absolute atomic E-state index is 12.5. The number of piperidine rings is 1. The summed E-state index contributed by atoms with van der Waals surface area (Å²) >= 11 is 0. The highest BCUT2D eigenvalue weighted by atomic mass is 16.2. The van der Waals surface area contributed by atoms with Gasteiger partial charge in [0.15, 0.2) is 0 Å². The van der Waals surface area contributed by atoms with E-state index in [0.717, 1.165) is 24.1 Å². The zero-order valence-electron chi connectivity index (χ0n) is 13.8. The summed E-state index contributed by atoms with van der Waals surface area (Å²) in [7, 11) is 1.93. The number of nitrogens with zero attached hydrogens (tertiary/aromatic N) is 1. The molecule has 124 valence electrons. The number of carbonyl (C=O) groups is 2. The van der Waals surface area contributed by atoms with Crippen molar-refractivity contribution in [1.82, 2.24) is 10.2 Å². The van der Waals surface area contributed by atoms with Crippen LogP contribution in [0.5, 0.6) is 0 Å². The summed E-state index contributed by atoms with van der Waals surface area (Å²) in [5.41, 5.74) is 1.74. The summed E-state index contributed by atoms with van der Waals surface area (Å²) in [6.07, 6.45) is 5.04. The number of nitrogens with one attached hydrogen (secondary N) is 2. The molecule has 2 saturated heterocycles. The second kappa shape index (κ2) is 6.71. The molecule has 5 nitrogen and oxygen atoms in total. The standard InChI is InChI=1S/C18H25N3O2/c1-12(22)19-14-5-3-13(4-6-14)9-18(23)21(2)17-10-15-7-8-16(11-17)20-15/h3-6,15-17,20H,7-11H2,1-2H3,(H,19,22). The molecule has 1 aromatic carbocycles. The highest BCUT2D eigenvalue weighted by Gasteiger charge is 2.36. The molecule has 2 N–H and O–H groups in total. The van der Waals surface area contributed by atoms with E-state index < -0.39 is 0 Å². The normalized spacial score (nSPS) is 25.9. The molecule has 0 radical (unpaired) electrons. The molecule has 2 fully saturated rings. The number of hydrogen-bond acceptors (Lipinski definition) is 3. The Kier molecular flexibility index (Phi) is 4.66. The number of hydrogen-bond donors (Lipinski definition) is 2. The van der Waals surface area contributed by atoms with Crippen LogP contribution in [0.3, 0.4) is 0 Å². The van der Waals surface area contributed by atoms with Gasteiger partial charge in [-0.2, -0.15) is 0 Å². The Morgan fingerprint density at radius 2 is 1.78 bits per heavy atom. The van der Waals surface area contributed by atoms with Gasteiger partial charge in [0.1, 0.15) is 0 Å². The Hall–Kier alpha value is -1.88. The number of amides is 2. The summed E-state index contributed by atoms with van der Waals surface area (Å²) in [5, 5.41) is 6.35. The first kappa shape index (κ1) is 16.0. The molecule has 1 aromatic rings. The highest BCUT2D eigenvalue weighted by Crippen LogP contribution is 2.29. The Bertz CT molecular complexity index is 572. The maximum atomic E-state index is 12.5. The van der Waals surface area contributed by atoms with Crippen LogP contribution in [0.4, 0.5) is 5.69 Å². The minimum Gasteiger partial charge on any atom is -0.342 e. The van der Waals surface area contributed by atoms with E-state index in [0.29, 0.717) is 24.5 Å². The number of benzene rings is 1. The first-order valence-corrected chi connectivity index (χ1v) is 8.39. The third-order valence-electron chi connectivity index (χ3n) is 5.02. The van der Waals surface area contributed by atoms with E-state index in [1.165, 1.54) is 19.8 Å². The molecule has 0 aromatic heterocycles. The molecule has 2 aliphatic heterocycles. The summed E-state index contributed by atoms with van der Waals surface area (Å²) in [5.74, 6) is 0.0812. The van der Waals surface area contributed by atoms with Gasteiger partial charge in [0.2, 0.25) is 11.8 Å². The number of likely N-dealkylation sites (N-methyl/N-ethyl adjacent to an activating group) is 1. The van der Waals surface area contributed by atoms with Gasteiger partial charge in [-0.1, -0.05) is 12.1 Å². The van der Waals surface area contributed by atoms with Gasteiger partial charge < -0.3 is 15.5 Å². The molecular formula is C18H25N3O2. The molecule has 23 heavy (non-hydrogen) atoms. The van der Waals surface area contributed by atoms with Crippen LogP contribution in [-0.2, 0) is 16.0 Å². The van der Waals surface area contributed by atoms with Crippen LogP contribution in [0.2, 0.25) is 0 Å². The molecule has 2 unspecified atom stereocenters. The van der Waals surface area contributed by atoms with Gasteiger partial charge in [-0.25, -0.2) is 0 Å². The van der Waals surface area contributed by atoms with Crippen molar-refractivity contribution in [3.05, 3.63) is 29.8 Å². The molecule has 2 amide bonds. The lowest BCUT2D eigenvalue weighted by molar-refractivity contribution is -0.132. The molecule has 0 saturated carbocycles. The van der Waals surface area contributed by atoms with Crippen molar-refractivity contribution < 1.29 is 9.59 Å². The van der Waals surface area contributed by atoms with E-state index in [2.05, 4.69) is 10.6 Å². The lowest BCUT2D eigenvalue weighted by Crippen LogP contribution is -2.49. The SMILES string of the molecule is CC(=O)Nc1ccc(CC(=O)N(C)C2CC3CCC(C2)N3)cc1. The van der Waals surface area contributed by atoms with Crippen LogP contribution in [0.15, 0.2) is 24.3 Å². The summed E-state index contributed by atoms with van der Waals surface area (Å²) in [6.45, 7) is 1.48. The molecule has 2 atom stereocenters. The Balaban J connectivity index is 1.56. The van der Waals surface area contributed by atoms with Crippen molar-refractivity contribution in [3.8, 4) is 0 Å². The van der Waals surface area contributed by atoms with Gasteiger partial charge in [-0.3, -0.25) is 9.59 Å². The van der Waals surface area contributed by atoms with Crippen molar-refractivity contribution in [2.24, 2.45) is 0 Å². The van der Waals surface area contributed by atoms with Gasteiger partial charge in [-0.05, 0) is 43.4 Å². The minimum atomic E-state index is -0.0888. The molecule has 2 aliphatic rings. The molecule has 0 aliphatic carbocycles. The van der Waals surface area contributed by atoms with Crippen molar-refractivity contribution in [1.29, 1.82) is 0 Å². The van der Waals surface area contributed by atoms with E-state index in [9.17, 15) is 9.59 Å². The van der Waals surface area contributed by atoms with Crippen LogP contribution in [0.1, 0.15) is 38.2 Å². The zero-order valence-corrected chi connectivity index (χ0v) is 13.8. The van der Waals surface area contributed by atoms with Crippen LogP contribution >= 0.6 is 0 Å². The number of fused-ring (bicyclic) bond motifs is 2. The summed E-state index contributed by atoms with van der Waals surface area (Å²) < 4.78 is 0. The quantitative estimate of drug-likeness (QED) is 0.892. The van der Waals surface area contributed by atoms with Gasteiger partial charge in [0.25, 0.3) is 0 Å². The van der Waals surface area contributed by atoms with E-state index in [4.69, 9.17) is 0 Å². The average molecular weight is 315 g/mol. The number of rotatable bonds is 4. The largest absolute Gasteiger partial charge is 0.342 e. The molecule has 3 rings (SSSR count). The summed E-state index contributed by atoms with van der Waals surface area (Å²) in [4.78, 5) is 25.5. The first-order valence-electron chi connectivity index (χ1n) is 8.39. The van der Waals surface area contributed by atoms with Crippen molar-refractivity contribution in [2.75, 3.05) is 12.4 Å². The second-order valence-electron chi connectivity index (χ2n) is 6.82. The van der Waals surface area contributed by atoms with Crippen molar-refractivity contribution >= 4 is 17.5 Å². The average Bonchev–Trinajstić information content (AvgIpc) is 2.86. The van der Waals surface area contributed by atoms with Gasteiger partial charge in [-0.15, -0.1) is 0 Å². The van der Waals surface area contributed by atoms with E-state index in [-0.39, 0.29) is 11.8 Å². The summed E-state index contributed by atoms with van der Waals surface area (Å²) in [6, 6.07) is 9.03. The topological polar surface area (TPSA) is 61.4 Å². The number of carbonyl (C=O) groups excluding carboxylic acids is 2. The van der Waals surface area contributed by atoms with Crippen LogP contribution in [0.25, 0.3) is 0 Å². The van der Waals surface area contributed by atoms with Crippen LogP contribution in [0, 0.1) is 0 Å². The fourth-order valence-corrected chi connectivity index (χ4v) is 3.76. The van der Waals surface area contributed by atoms with Gasteiger partial charge in [0, 0.05) is 37.8 Å². The second-order valence-corrected chi connectivity index (χ2v) is 6.82. The van der Waals surface area contributed by atoms with Gasteiger partial charge >= 0.3 is 0 Å². The Morgan fingerprint density at radius 3 is 2.35 bits per heavy atom. The third-order valence-corrected chi connectivity index (χ3v) is 5.02. The zero-order chi connectivity index (χ0) is 16.4.